The summed E-state index contributed by atoms with van der Waals surface area (Å²) in [6.45, 7) is 4.01. The van der Waals surface area contributed by atoms with E-state index in [0.717, 1.165) is 33.0 Å². The second-order valence-corrected chi connectivity index (χ2v) is 13.1. The number of nitrogens with one attached hydrogen (secondary N) is 3. The van der Waals surface area contributed by atoms with Crippen LogP contribution in [0.4, 0.5) is 10.5 Å². The number of anilines is 1. The maximum atomic E-state index is 13.3. The number of nitrogens with zero attached hydrogens (tertiary/aromatic N) is 1. The molecule has 0 aliphatic heterocycles. The van der Waals surface area contributed by atoms with Crippen LogP contribution < -0.4 is 15.4 Å². The number of hydrogen-bond acceptors (Lipinski definition) is 6. The predicted molar refractivity (Wildman–Crippen MR) is 175 cm³/mol. The molecule has 5 rings (SSSR count). The number of carbonyl (C=O) groups is 2. The average Bonchev–Trinajstić information content (AvgIpc) is 3.52. The Balaban J connectivity index is 1.26. The standard InChI is InChI=1S/C34H32N4O4S2/c1-23(2)25-15-19-29(20-16-25)44(41,42)38-32(39)30(21-24-9-5-3-6-10-24)37-34(40)35-28-17-13-26(14-18-28)31-22-43-33(36-31)27-11-7-4-8-12-27/h3-20,22-23,30H,21H2,1-2H3,(H,38,39)(H2,35,37,40)/t30-/m1/s1. The molecular formula is C34H32N4O4S2. The number of carbonyl (C=O) groups excluding carboxylic acids is 2. The smallest absolute Gasteiger partial charge is 0.319 e. The van der Waals surface area contributed by atoms with Crippen molar-refractivity contribution >= 4 is 39.0 Å². The topological polar surface area (TPSA) is 117 Å². The lowest BCUT2D eigenvalue weighted by Crippen LogP contribution is -2.50. The summed E-state index contributed by atoms with van der Waals surface area (Å²) in [5, 5.41) is 8.28. The quantitative estimate of drug-likeness (QED) is 0.157. The van der Waals surface area contributed by atoms with E-state index in [9.17, 15) is 18.0 Å². The van der Waals surface area contributed by atoms with E-state index in [1.54, 1.807) is 47.7 Å². The monoisotopic (exact) mass is 624 g/mol. The molecule has 1 heterocycles. The van der Waals surface area contributed by atoms with Crippen molar-refractivity contribution in [1.29, 1.82) is 0 Å². The van der Waals surface area contributed by atoms with Crippen molar-refractivity contribution in [3.63, 3.8) is 0 Å². The molecule has 0 radical (unpaired) electrons. The van der Waals surface area contributed by atoms with E-state index in [1.807, 2.05) is 79.9 Å². The van der Waals surface area contributed by atoms with Gasteiger partial charge in [-0.15, -0.1) is 11.3 Å². The molecule has 3 N–H and O–H groups in total. The minimum atomic E-state index is -4.16. The Bertz CT molecular complexity index is 1820. The van der Waals surface area contributed by atoms with Crippen LogP contribution >= 0.6 is 11.3 Å². The van der Waals surface area contributed by atoms with E-state index in [4.69, 9.17) is 4.98 Å². The normalized spacial score (nSPS) is 12.0. The SMILES string of the molecule is CC(C)c1ccc(S(=O)(=O)NC(=O)[C@@H](Cc2ccccc2)NC(=O)Nc2ccc(-c3csc(-c4ccccc4)n3)cc2)cc1. The Morgan fingerprint density at radius 2 is 1.43 bits per heavy atom. The zero-order valence-electron chi connectivity index (χ0n) is 24.2. The minimum Gasteiger partial charge on any atom is -0.326 e. The summed E-state index contributed by atoms with van der Waals surface area (Å²) in [6.07, 6.45) is 0.0917. The van der Waals surface area contributed by atoms with E-state index in [1.165, 1.54) is 12.1 Å². The summed E-state index contributed by atoms with van der Waals surface area (Å²) in [4.78, 5) is 31.0. The lowest BCUT2D eigenvalue weighted by Gasteiger charge is -2.19. The molecule has 4 aromatic carbocycles. The Labute approximate surface area is 261 Å². The number of rotatable bonds is 10. The van der Waals surface area contributed by atoms with Gasteiger partial charge in [-0.3, -0.25) is 4.79 Å². The Hall–Kier alpha value is -4.80. The van der Waals surface area contributed by atoms with Crippen molar-refractivity contribution < 1.29 is 18.0 Å². The third-order valence-electron chi connectivity index (χ3n) is 6.96. The predicted octanol–water partition coefficient (Wildman–Crippen LogP) is 6.84. The fourth-order valence-corrected chi connectivity index (χ4v) is 6.38. The van der Waals surface area contributed by atoms with Gasteiger partial charge in [0.1, 0.15) is 11.0 Å². The summed E-state index contributed by atoms with van der Waals surface area (Å²) in [7, 11) is -4.16. The molecule has 0 spiro atoms. The summed E-state index contributed by atoms with van der Waals surface area (Å²) in [5.41, 5.74) is 5.00. The van der Waals surface area contributed by atoms with Crippen LogP contribution in [0.15, 0.2) is 119 Å². The van der Waals surface area contributed by atoms with Crippen molar-refractivity contribution in [3.05, 3.63) is 126 Å². The van der Waals surface area contributed by atoms with Crippen molar-refractivity contribution in [2.75, 3.05) is 5.32 Å². The number of sulfonamides is 1. The molecular weight excluding hydrogens is 593 g/mol. The fraction of sp³-hybridized carbons (Fsp3) is 0.147. The van der Waals surface area contributed by atoms with Crippen molar-refractivity contribution in [2.45, 2.75) is 37.1 Å². The molecule has 0 bridgehead atoms. The summed E-state index contributed by atoms with van der Waals surface area (Å²) < 4.78 is 28.2. The molecule has 0 saturated carbocycles. The molecule has 10 heteroatoms. The van der Waals surface area contributed by atoms with E-state index in [0.29, 0.717) is 5.69 Å². The van der Waals surface area contributed by atoms with Gasteiger partial charge in [-0.1, -0.05) is 98.8 Å². The highest BCUT2D eigenvalue weighted by molar-refractivity contribution is 7.90. The molecule has 44 heavy (non-hydrogen) atoms. The fourth-order valence-electron chi connectivity index (χ4n) is 4.52. The summed E-state index contributed by atoms with van der Waals surface area (Å²) >= 11 is 1.55. The molecule has 1 aromatic heterocycles. The van der Waals surface area contributed by atoms with Gasteiger partial charge in [-0.2, -0.15) is 0 Å². The van der Waals surface area contributed by atoms with Gasteiger partial charge in [0.25, 0.3) is 15.9 Å². The van der Waals surface area contributed by atoms with Crippen LogP contribution in [-0.4, -0.2) is 31.4 Å². The van der Waals surface area contributed by atoms with Gasteiger partial charge in [-0.25, -0.2) is 22.9 Å². The lowest BCUT2D eigenvalue weighted by molar-refractivity contribution is -0.121. The average molecular weight is 625 g/mol. The maximum absolute atomic E-state index is 13.3. The van der Waals surface area contributed by atoms with Gasteiger partial charge >= 0.3 is 6.03 Å². The highest BCUT2D eigenvalue weighted by Crippen LogP contribution is 2.29. The summed E-state index contributed by atoms with van der Waals surface area (Å²) in [5.74, 6) is -0.611. The van der Waals surface area contributed by atoms with Crippen molar-refractivity contribution in [1.82, 2.24) is 15.0 Å². The van der Waals surface area contributed by atoms with Gasteiger partial charge in [0, 0.05) is 28.6 Å². The zero-order valence-corrected chi connectivity index (χ0v) is 25.9. The minimum absolute atomic E-state index is 0.0331. The highest BCUT2D eigenvalue weighted by atomic mass is 32.2. The molecule has 0 aliphatic carbocycles. The van der Waals surface area contributed by atoms with Gasteiger partial charge in [-0.05, 0) is 41.3 Å². The number of urea groups is 1. The molecule has 1 atom stereocenters. The molecule has 0 unspecified atom stereocenters. The van der Waals surface area contributed by atoms with E-state index in [-0.39, 0.29) is 17.2 Å². The third-order valence-corrected chi connectivity index (χ3v) is 9.21. The van der Waals surface area contributed by atoms with E-state index < -0.39 is 28.0 Å². The van der Waals surface area contributed by atoms with Gasteiger partial charge < -0.3 is 10.6 Å². The maximum Gasteiger partial charge on any atom is 0.319 e. The van der Waals surface area contributed by atoms with Crippen LogP contribution in [0, 0.1) is 0 Å². The summed E-state index contributed by atoms with van der Waals surface area (Å²) in [6, 6.07) is 30.8. The largest absolute Gasteiger partial charge is 0.326 e. The first-order valence-corrected chi connectivity index (χ1v) is 16.4. The van der Waals surface area contributed by atoms with Crippen LogP contribution in [0.25, 0.3) is 21.8 Å². The number of thiazole rings is 1. The second-order valence-electron chi connectivity index (χ2n) is 10.5. The van der Waals surface area contributed by atoms with E-state index in [2.05, 4.69) is 15.4 Å². The number of amides is 3. The van der Waals surface area contributed by atoms with Crippen molar-refractivity contribution in [3.8, 4) is 21.8 Å². The van der Waals surface area contributed by atoms with Crippen LogP contribution in [0.2, 0.25) is 0 Å². The van der Waals surface area contributed by atoms with Crippen LogP contribution in [0.3, 0.4) is 0 Å². The van der Waals surface area contributed by atoms with Gasteiger partial charge in [0.15, 0.2) is 0 Å². The molecule has 0 aliphatic rings. The zero-order chi connectivity index (χ0) is 31.1. The number of benzene rings is 4. The lowest BCUT2D eigenvalue weighted by atomic mass is 10.0. The van der Waals surface area contributed by atoms with Crippen LogP contribution in [-0.2, 0) is 21.2 Å². The second kappa shape index (κ2) is 13.7. The van der Waals surface area contributed by atoms with Crippen molar-refractivity contribution in [2.24, 2.45) is 0 Å². The number of hydrogen-bond donors (Lipinski definition) is 3. The molecule has 3 amide bonds. The number of aromatic nitrogens is 1. The van der Waals surface area contributed by atoms with Crippen LogP contribution in [0.5, 0.6) is 0 Å². The first-order valence-electron chi connectivity index (χ1n) is 14.1. The third kappa shape index (κ3) is 7.77. The first-order chi connectivity index (χ1) is 21.2. The Kier molecular flexibility index (Phi) is 9.52. The van der Waals surface area contributed by atoms with Crippen LogP contribution in [0.1, 0.15) is 30.9 Å². The van der Waals surface area contributed by atoms with E-state index >= 15 is 0 Å². The molecule has 5 aromatic rings. The Morgan fingerprint density at radius 3 is 2.07 bits per heavy atom. The Morgan fingerprint density at radius 1 is 0.795 bits per heavy atom. The molecule has 0 saturated heterocycles. The molecule has 224 valence electrons. The van der Waals surface area contributed by atoms with Gasteiger partial charge in [0.2, 0.25) is 0 Å². The highest BCUT2D eigenvalue weighted by Gasteiger charge is 2.26. The first kappa shape index (κ1) is 30.7. The molecule has 0 fully saturated rings. The molecule has 8 nitrogen and oxygen atoms in total. The van der Waals surface area contributed by atoms with Gasteiger partial charge in [0.05, 0.1) is 10.6 Å².